The SMILES string of the molecule is N#Cc1ccc(Nc2nc(Cl)nc3[nH]ncc23)c(Cl)c1. The summed E-state index contributed by atoms with van der Waals surface area (Å²) >= 11 is 12.0. The minimum absolute atomic E-state index is 0.0917. The van der Waals surface area contributed by atoms with Crippen LogP contribution in [0.15, 0.2) is 24.4 Å². The first kappa shape index (κ1) is 12.7. The van der Waals surface area contributed by atoms with Crippen molar-refractivity contribution in [2.45, 2.75) is 0 Å². The van der Waals surface area contributed by atoms with Gasteiger partial charge in [-0.25, -0.2) is 0 Å². The lowest BCUT2D eigenvalue weighted by molar-refractivity contribution is 1.09. The molecule has 3 aromatic rings. The molecule has 2 aromatic heterocycles. The van der Waals surface area contributed by atoms with Gasteiger partial charge < -0.3 is 5.32 Å². The van der Waals surface area contributed by atoms with E-state index in [0.717, 1.165) is 0 Å². The number of aromatic amines is 1. The van der Waals surface area contributed by atoms with E-state index in [2.05, 4.69) is 25.5 Å². The number of nitriles is 1. The molecule has 0 fully saturated rings. The van der Waals surface area contributed by atoms with E-state index in [0.29, 0.717) is 33.1 Å². The van der Waals surface area contributed by atoms with Crippen LogP contribution in [-0.2, 0) is 0 Å². The average molecular weight is 305 g/mol. The Morgan fingerprint density at radius 3 is 2.85 bits per heavy atom. The average Bonchev–Trinajstić information content (AvgIpc) is 2.89. The molecule has 20 heavy (non-hydrogen) atoms. The standard InChI is InChI=1S/C12H6Cl2N6/c13-8-3-6(4-15)1-2-9(8)17-10-7-5-16-20-11(7)19-12(14)18-10/h1-3,5H,(H2,16,17,18,19,20). The molecule has 8 heteroatoms. The lowest BCUT2D eigenvalue weighted by atomic mass is 10.2. The molecule has 0 saturated heterocycles. The smallest absolute Gasteiger partial charge is 0.226 e. The summed E-state index contributed by atoms with van der Waals surface area (Å²) in [6.45, 7) is 0. The van der Waals surface area contributed by atoms with E-state index >= 15 is 0 Å². The van der Waals surface area contributed by atoms with Crippen LogP contribution in [0.25, 0.3) is 11.0 Å². The van der Waals surface area contributed by atoms with Crippen LogP contribution >= 0.6 is 23.2 Å². The number of hydrogen-bond donors (Lipinski definition) is 2. The predicted octanol–water partition coefficient (Wildman–Crippen LogP) is 3.27. The summed E-state index contributed by atoms with van der Waals surface area (Å²) < 4.78 is 0. The fourth-order valence-corrected chi connectivity index (χ4v) is 2.11. The van der Waals surface area contributed by atoms with Gasteiger partial charge in [0.15, 0.2) is 5.65 Å². The summed E-state index contributed by atoms with van der Waals surface area (Å²) in [6, 6.07) is 6.94. The Labute approximate surface area is 123 Å². The molecule has 1 aromatic carbocycles. The Balaban J connectivity index is 2.05. The first-order chi connectivity index (χ1) is 9.67. The first-order valence-corrected chi connectivity index (χ1v) is 6.26. The van der Waals surface area contributed by atoms with Crippen LogP contribution in [-0.4, -0.2) is 20.2 Å². The second-order valence-corrected chi connectivity index (χ2v) is 4.65. The lowest BCUT2D eigenvalue weighted by Crippen LogP contribution is -1.97. The highest BCUT2D eigenvalue weighted by Crippen LogP contribution is 2.29. The summed E-state index contributed by atoms with van der Waals surface area (Å²) in [6.07, 6.45) is 1.59. The Morgan fingerprint density at radius 1 is 1.25 bits per heavy atom. The van der Waals surface area contributed by atoms with E-state index in [1.807, 2.05) is 6.07 Å². The number of H-pyrrole nitrogens is 1. The second kappa shape index (κ2) is 4.96. The Hall–Kier alpha value is -2.36. The number of fused-ring (bicyclic) bond motifs is 1. The zero-order valence-corrected chi connectivity index (χ0v) is 11.4. The van der Waals surface area contributed by atoms with Crippen molar-refractivity contribution in [1.82, 2.24) is 20.2 Å². The molecular formula is C12H6Cl2N6. The third-order valence-corrected chi connectivity index (χ3v) is 3.12. The van der Waals surface area contributed by atoms with E-state index in [-0.39, 0.29) is 5.28 Å². The van der Waals surface area contributed by atoms with Gasteiger partial charge in [-0.1, -0.05) is 11.6 Å². The third kappa shape index (κ3) is 2.25. The molecule has 2 N–H and O–H groups in total. The molecule has 2 heterocycles. The summed E-state index contributed by atoms with van der Waals surface area (Å²) in [7, 11) is 0. The van der Waals surface area contributed by atoms with Crippen molar-refractivity contribution in [3.05, 3.63) is 40.3 Å². The van der Waals surface area contributed by atoms with Crippen LogP contribution in [0.5, 0.6) is 0 Å². The van der Waals surface area contributed by atoms with E-state index in [9.17, 15) is 0 Å². The number of aromatic nitrogens is 4. The van der Waals surface area contributed by atoms with Crippen LogP contribution in [0.1, 0.15) is 5.56 Å². The van der Waals surface area contributed by atoms with Gasteiger partial charge in [-0.2, -0.15) is 20.3 Å². The Morgan fingerprint density at radius 2 is 2.10 bits per heavy atom. The summed E-state index contributed by atoms with van der Waals surface area (Å²) in [4.78, 5) is 8.12. The largest absolute Gasteiger partial charge is 0.338 e. The van der Waals surface area contributed by atoms with Crippen LogP contribution < -0.4 is 5.32 Å². The van der Waals surface area contributed by atoms with Crippen molar-refractivity contribution in [3.8, 4) is 6.07 Å². The minimum Gasteiger partial charge on any atom is -0.338 e. The van der Waals surface area contributed by atoms with Crippen LogP contribution in [0.2, 0.25) is 10.3 Å². The van der Waals surface area contributed by atoms with E-state index < -0.39 is 0 Å². The molecule has 98 valence electrons. The second-order valence-electron chi connectivity index (χ2n) is 3.90. The van der Waals surface area contributed by atoms with E-state index in [1.165, 1.54) is 0 Å². The third-order valence-electron chi connectivity index (χ3n) is 2.63. The van der Waals surface area contributed by atoms with Crippen LogP contribution in [0.3, 0.4) is 0 Å². The zero-order chi connectivity index (χ0) is 14.1. The highest BCUT2D eigenvalue weighted by Gasteiger charge is 2.10. The van der Waals surface area contributed by atoms with Gasteiger partial charge in [0.2, 0.25) is 5.28 Å². The monoisotopic (exact) mass is 304 g/mol. The molecule has 0 atom stereocenters. The molecule has 0 aliphatic heterocycles. The van der Waals surface area contributed by atoms with Gasteiger partial charge in [-0.15, -0.1) is 0 Å². The van der Waals surface area contributed by atoms with Crippen molar-refractivity contribution in [1.29, 1.82) is 5.26 Å². The fourth-order valence-electron chi connectivity index (χ4n) is 1.72. The molecule has 0 spiro atoms. The normalized spacial score (nSPS) is 10.4. The van der Waals surface area contributed by atoms with Gasteiger partial charge >= 0.3 is 0 Å². The number of anilines is 2. The van der Waals surface area contributed by atoms with Crippen molar-refractivity contribution in [2.75, 3.05) is 5.32 Å². The van der Waals surface area contributed by atoms with Gasteiger partial charge in [-0.3, -0.25) is 5.10 Å². The summed E-state index contributed by atoms with van der Waals surface area (Å²) in [5.74, 6) is 0.486. The minimum atomic E-state index is 0.0917. The van der Waals surface area contributed by atoms with Crippen molar-refractivity contribution >= 4 is 45.7 Å². The fraction of sp³-hybridized carbons (Fsp3) is 0. The van der Waals surface area contributed by atoms with Crippen molar-refractivity contribution in [2.24, 2.45) is 0 Å². The molecule has 0 amide bonds. The number of hydrogen-bond acceptors (Lipinski definition) is 5. The maximum absolute atomic E-state index is 8.81. The predicted molar refractivity (Wildman–Crippen MR) is 76.1 cm³/mol. The molecule has 0 saturated carbocycles. The van der Waals surface area contributed by atoms with Gasteiger partial charge in [0.25, 0.3) is 0 Å². The molecule has 0 radical (unpaired) electrons. The number of benzene rings is 1. The Kier molecular flexibility index (Phi) is 3.14. The molecule has 3 rings (SSSR count). The van der Waals surface area contributed by atoms with Gasteiger partial charge in [0.1, 0.15) is 5.82 Å². The van der Waals surface area contributed by atoms with Gasteiger partial charge in [0.05, 0.1) is 33.9 Å². The lowest BCUT2D eigenvalue weighted by Gasteiger charge is -2.08. The van der Waals surface area contributed by atoms with Crippen molar-refractivity contribution < 1.29 is 0 Å². The molecule has 0 aliphatic rings. The maximum atomic E-state index is 8.81. The summed E-state index contributed by atoms with van der Waals surface area (Å²) in [5, 5.41) is 19.7. The van der Waals surface area contributed by atoms with E-state index in [4.69, 9.17) is 28.5 Å². The van der Waals surface area contributed by atoms with Crippen LogP contribution in [0.4, 0.5) is 11.5 Å². The molecule has 0 unspecified atom stereocenters. The van der Waals surface area contributed by atoms with Gasteiger partial charge in [-0.05, 0) is 29.8 Å². The number of rotatable bonds is 2. The van der Waals surface area contributed by atoms with E-state index in [1.54, 1.807) is 24.4 Å². The highest BCUT2D eigenvalue weighted by atomic mass is 35.5. The molecular weight excluding hydrogens is 299 g/mol. The zero-order valence-electron chi connectivity index (χ0n) is 9.85. The maximum Gasteiger partial charge on any atom is 0.226 e. The Bertz CT molecular complexity index is 836. The molecule has 0 bridgehead atoms. The highest BCUT2D eigenvalue weighted by molar-refractivity contribution is 6.33. The molecule has 6 nitrogen and oxygen atoms in total. The number of halogens is 2. The first-order valence-electron chi connectivity index (χ1n) is 5.50. The summed E-state index contributed by atoms with van der Waals surface area (Å²) in [5.41, 5.74) is 1.62. The quantitative estimate of drug-likeness (QED) is 0.709. The van der Waals surface area contributed by atoms with Gasteiger partial charge in [0, 0.05) is 0 Å². The number of nitrogens with one attached hydrogen (secondary N) is 2. The van der Waals surface area contributed by atoms with Crippen molar-refractivity contribution in [3.63, 3.8) is 0 Å². The topological polar surface area (TPSA) is 90.3 Å². The van der Waals surface area contributed by atoms with Crippen LogP contribution in [0, 0.1) is 11.3 Å². The number of nitrogens with zero attached hydrogens (tertiary/aromatic N) is 4. The molecule has 0 aliphatic carbocycles.